The summed E-state index contributed by atoms with van der Waals surface area (Å²) in [4.78, 5) is 20.5. The van der Waals surface area contributed by atoms with Crippen molar-refractivity contribution in [3.63, 3.8) is 0 Å². The van der Waals surface area contributed by atoms with Gasteiger partial charge in [0, 0.05) is 18.7 Å². The van der Waals surface area contributed by atoms with E-state index in [4.69, 9.17) is 17.4 Å². The van der Waals surface area contributed by atoms with Crippen LogP contribution in [0.4, 0.5) is 5.82 Å². The number of halogens is 1. The number of pyridine rings is 1. The normalized spacial score (nSPS) is 17.0. The van der Waals surface area contributed by atoms with Crippen molar-refractivity contribution in [1.29, 1.82) is 0 Å². The second-order valence-corrected chi connectivity index (χ2v) is 5.55. The maximum absolute atomic E-state index is 12.5. The lowest BCUT2D eigenvalue weighted by atomic mass is 10.0. The highest BCUT2D eigenvalue weighted by Gasteiger charge is 2.25. The molecule has 1 saturated heterocycles. The van der Waals surface area contributed by atoms with Gasteiger partial charge in [0.15, 0.2) is 0 Å². The number of rotatable bonds is 3. The zero-order valence-corrected chi connectivity index (χ0v) is 12.5. The Labute approximate surface area is 123 Å². The molecule has 110 valence electrons. The van der Waals surface area contributed by atoms with Crippen molar-refractivity contribution in [1.82, 2.24) is 14.8 Å². The number of amides is 1. The molecule has 3 N–H and O–H groups in total. The van der Waals surface area contributed by atoms with Gasteiger partial charge in [0.1, 0.15) is 11.0 Å². The number of nitrogen functional groups attached to an aromatic ring is 1. The fourth-order valence-electron chi connectivity index (χ4n) is 2.45. The van der Waals surface area contributed by atoms with E-state index in [2.05, 4.69) is 22.4 Å². The average molecular weight is 298 g/mol. The Kier molecular flexibility index (Phi) is 4.80. The van der Waals surface area contributed by atoms with Gasteiger partial charge in [-0.05, 0) is 45.1 Å². The van der Waals surface area contributed by atoms with Gasteiger partial charge in [-0.3, -0.25) is 4.79 Å². The molecule has 0 aromatic carbocycles. The molecule has 1 amide bonds. The molecule has 0 aliphatic carbocycles. The van der Waals surface area contributed by atoms with Gasteiger partial charge >= 0.3 is 0 Å². The predicted octanol–water partition coefficient (Wildman–Crippen LogP) is 1.19. The number of nitrogens with two attached hydrogens (primary N) is 1. The summed E-state index contributed by atoms with van der Waals surface area (Å²) >= 11 is 5.90. The second kappa shape index (κ2) is 6.39. The summed E-state index contributed by atoms with van der Waals surface area (Å²) in [5.41, 5.74) is 2.91. The summed E-state index contributed by atoms with van der Waals surface area (Å²) in [6.07, 6.45) is 1.97. The van der Waals surface area contributed by atoms with E-state index >= 15 is 0 Å². The van der Waals surface area contributed by atoms with Crippen molar-refractivity contribution in [3.8, 4) is 0 Å². The molecule has 0 spiro atoms. The van der Waals surface area contributed by atoms with E-state index in [1.54, 1.807) is 17.0 Å². The van der Waals surface area contributed by atoms with Gasteiger partial charge < -0.3 is 15.2 Å². The van der Waals surface area contributed by atoms with Crippen LogP contribution in [-0.2, 0) is 0 Å². The average Bonchev–Trinajstić information content (AvgIpc) is 2.45. The van der Waals surface area contributed by atoms with Crippen molar-refractivity contribution in [2.24, 2.45) is 5.84 Å². The lowest BCUT2D eigenvalue weighted by Gasteiger charge is -2.35. The standard InChI is InChI=1S/C13H20ClN5O/c1-18-5-3-10(4-6-18)19(2)13(20)9-7-11(14)16-12(8-9)17-15/h7-8,10H,3-6,15H2,1-2H3,(H,16,17). The number of carbonyl (C=O) groups excluding carboxylic acids is 1. The lowest BCUT2D eigenvalue weighted by Crippen LogP contribution is -2.44. The topological polar surface area (TPSA) is 74.5 Å². The molecule has 2 rings (SSSR count). The highest BCUT2D eigenvalue weighted by molar-refractivity contribution is 6.29. The number of carbonyl (C=O) groups is 1. The smallest absolute Gasteiger partial charge is 0.254 e. The molecule has 1 aromatic heterocycles. The number of hydrazine groups is 1. The number of likely N-dealkylation sites (tertiary alicyclic amines) is 1. The summed E-state index contributed by atoms with van der Waals surface area (Å²) in [7, 11) is 3.93. The summed E-state index contributed by atoms with van der Waals surface area (Å²) in [5.74, 6) is 5.65. The molecule has 20 heavy (non-hydrogen) atoms. The molecule has 1 aliphatic heterocycles. The molecule has 1 aliphatic rings. The summed E-state index contributed by atoms with van der Waals surface area (Å²) in [5, 5.41) is 0.251. The van der Waals surface area contributed by atoms with Gasteiger partial charge in [-0.2, -0.15) is 0 Å². The molecule has 7 heteroatoms. The molecular formula is C13H20ClN5O. The van der Waals surface area contributed by atoms with Gasteiger partial charge in [-0.1, -0.05) is 11.6 Å². The van der Waals surface area contributed by atoms with Crippen LogP contribution in [0.15, 0.2) is 12.1 Å². The SMILES string of the molecule is CN1CCC(N(C)C(=O)c2cc(Cl)nc(NN)c2)CC1. The fraction of sp³-hybridized carbons (Fsp3) is 0.538. The quantitative estimate of drug-likeness (QED) is 0.498. The molecule has 0 bridgehead atoms. The monoisotopic (exact) mass is 297 g/mol. The summed E-state index contributed by atoms with van der Waals surface area (Å²) in [6, 6.07) is 3.44. The number of anilines is 1. The third-order valence-corrected chi connectivity index (χ3v) is 3.94. The number of piperidine rings is 1. The lowest BCUT2D eigenvalue weighted by molar-refractivity contribution is 0.0659. The molecule has 1 fully saturated rings. The first-order chi connectivity index (χ1) is 9.51. The van der Waals surface area contributed by atoms with Gasteiger partial charge in [0.05, 0.1) is 0 Å². The molecule has 0 radical (unpaired) electrons. The largest absolute Gasteiger partial charge is 0.339 e. The molecule has 0 atom stereocenters. The Hall–Kier alpha value is -1.37. The number of aromatic nitrogens is 1. The van der Waals surface area contributed by atoms with Gasteiger partial charge in [0.25, 0.3) is 5.91 Å². The van der Waals surface area contributed by atoms with Crippen LogP contribution in [0.3, 0.4) is 0 Å². The molecule has 1 aromatic rings. The molecular weight excluding hydrogens is 278 g/mol. The maximum atomic E-state index is 12.5. The van der Waals surface area contributed by atoms with Gasteiger partial charge in [-0.25, -0.2) is 10.8 Å². The molecule has 6 nitrogen and oxygen atoms in total. The van der Waals surface area contributed by atoms with E-state index in [0.29, 0.717) is 11.4 Å². The van der Waals surface area contributed by atoms with Gasteiger partial charge in [0.2, 0.25) is 0 Å². The van der Waals surface area contributed by atoms with E-state index in [1.165, 1.54) is 0 Å². The maximum Gasteiger partial charge on any atom is 0.254 e. The minimum atomic E-state index is -0.0552. The zero-order valence-electron chi connectivity index (χ0n) is 11.8. The fourth-order valence-corrected chi connectivity index (χ4v) is 2.65. The number of hydrogen-bond acceptors (Lipinski definition) is 5. The van der Waals surface area contributed by atoms with Crippen molar-refractivity contribution in [2.45, 2.75) is 18.9 Å². The first-order valence-corrected chi connectivity index (χ1v) is 6.99. The van der Waals surface area contributed by atoms with Crippen LogP contribution in [0.5, 0.6) is 0 Å². The minimum Gasteiger partial charge on any atom is -0.339 e. The van der Waals surface area contributed by atoms with Crippen molar-refractivity contribution >= 4 is 23.3 Å². The van der Waals surface area contributed by atoms with Crippen LogP contribution in [-0.4, -0.2) is 53.9 Å². The van der Waals surface area contributed by atoms with Crippen LogP contribution in [0.1, 0.15) is 23.2 Å². The van der Waals surface area contributed by atoms with Crippen molar-refractivity contribution in [2.75, 3.05) is 32.6 Å². The van der Waals surface area contributed by atoms with Gasteiger partial charge in [-0.15, -0.1) is 0 Å². The first-order valence-electron chi connectivity index (χ1n) is 6.61. The van der Waals surface area contributed by atoms with Crippen molar-refractivity contribution in [3.05, 3.63) is 22.8 Å². The van der Waals surface area contributed by atoms with Crippen LogP contribution in [0.25, 0.3) is 0 Å². The van der Waals surface area contributed by atoms with E-state index in [0.717, 1.165) is 25.9 Å². The third-order valence-electron chi connectivity index (χ3n) is 3.75. The number of nitrogens with one attached hydrogen (secondary N) is 1. The molecule has 0 saturated carbocycles. The van der Waals surface area contributed by atoms with Crippen LogP contribution < -0.4 is 11.3 Å². The minimum absolute atomic E-state index is 0.0552. The van der Waals surface area contributed by atoms with E-state index in [-0.39, 0.29) is 17.1 Å². The molecule has 0 unspecified atom stereocenters. The summed E-state index contributed by atoms with van der Waals surface area (Å²) < 4.78 is 0. The van der Waals surface area contributed by atoms with E-state index < -0.39 is 0 Å². The molecule has 2 heterocycles. The number of hydrogen-bond donors (Lipinski definition) is 2. The Bertz CT molecular complexity index is 488. The van der Waals surface area contributed by atoms with Crippen molar-refractivity contribution < 1.29 is 4.79 Å². The zero-order chi connectivity index (χ0) is 14.7. The van der Waals surface area contributed by atoms with E-state index in [1.807, 2.05) is 7.05 Å². The Morgan fingerprint density at radius 3 is 2.75 bits per heavy atom. The van der Waals surface area contributed by atoms with Crippen LogP contribution >= 0.6 is 11.6 Å². The third kappa shape index (κ3) is 3.39. The second-order valence-electron chi connectivity index (χ2n) is 5.16. The van der Waals surface area contributed by atoms with Crippen LogP contribution in [0.2, 0.25) is 5.15 Å². The Balaban J connectivity index is 2.12. The highest BCUT2D eigenvalue weighted by atomic mass is 35.5. The van der Waals surface area contributed by atoms with E-state index in [9.17, 15) is 4.79 Å². The summed E-state index contributed by atoms with van der Waals surface area (Å²) in [6.45, 7) is 2.02. The van der Waals surface area contributed by atoms with Crippen LogP contribution in [0, 0.1) is 0 Å². The Morgan fingerprint density at radius 2 is 2.15 bits per heavy atom. The highest BCUT2D eigenvalue weighted by Crippen LogP contribution is 2.19. The Morgan fingerprint density at radius 1 is 1.50 bits per heavy atom. The number of nitrogens with zero attached hydrogens (tertiary/aromatic N) is 3. The predicted molar refractivity (Wildman–Crippen MR) is 79.7 cm³/mol. The first kappa shape index (κ1) is 15.0.